The quantitative estimate of drug-likeness (QED) is 0.188. The predicted octanol–water partition coefficient (Wildman–Crippen LogP) is 10.3. The maximum absolute atomic E-state index is 2.50. The normalized spacial score (nSPS) is 16.3. The first-order chi connectivity index (χ1) is 18.4. The first-order valence-corrected chi connectivity index (χ1v) is 13.8. The fourth-order valence-electron chi connectivity index (χ4n) is 8.18. The van der Waals surface area contributed by atoms with Gasteiger partial charge < -0.3 is 0 Å². The Labute approximate surface area is 222 Å². The van der Waals surface area contributed by atoms with Gasteiger partial charge in [0.05, 0.1) is 0 Å². The molecule has 0 heterocycles. The van der Waals surface area contributed by atoms with Gasteiger partial charge >= 0.3 is 0 Å². The van der Waals surface area contributed by atoms with Gasteiger partial charge in [-0.1, -0.05) is 119 Å². The van der Waals surface area contributed by atoms with Gasteiger partial charge in [0.2, 0.25) is 0 Å². The fraction of sp³-hybridized carbons (Fsp3) is 0.158. The lowest BCUT2D eigenvalue weighted by Crippen LogP contribution is -2.18. The van der Waals surface area contributed by atoms with Crippen LogP contribution in [0, 0.1) is 0 Å². The number of hydrogen-bond acceptors (Lipinski definition) is 0. The van der Waals surface area contributed by atoms with Crippen LogP contribution in [0.5, 0.6) is 0 Å². The predicted molar refractivity (Wildman–Crippen MR) is 163 cm³/mol. The minimum Gasteiger partial charge on any atom is -0.0616 e. The van der Waals surface area contributed by atoms with E-state index in [2.05, 4.69) is 125 Å². The van der Waals surface area contributed by atoms with E-state index < -0.39 is 0 Å². The average Bonchev–Trinajstić information content (AvgIpc) is 3.31. The molecule has 2 aliphatic rings. The SMILES string of the molecule is CC1(C)c2ccc3c(c2-c2c1cc1ccc4cccc5ccc2c1c45)C(C)(C)c1ccc2ccccc2c1-3. The van der Waals surface area contributed by atoms with Crippen molar-refractivity contribution in [2.24, 2.45) is 0 Å². The summed E-state index contributed by atoms with van der Waals surface area (Å²) >= 11 is 0. The highest BCUT2D eigenvalue weighted by molar-refractivity contribution is 6.27. The molecule has 0 fully saturated rings. The van der Waals surface area contributed by atoms with Crippen LogP contribution in [0.4, 0.5) is 0 Å². The molecule has 0 amide bonds. The van der Waals surface area contributed by atoms with E-state index in [0.29, 0.717) is 0 Å². The third kappa shape index (κ3) is 2.22. The van der Waals surface area contributed by atoms with Crippen molar-refractivity contribution in [2.45, 2.75) is 38.5 Å². The molecule has 0 atom stereocenters. The lowest BCUT2D eigenvalue weighted by atomic mass is 9.77. The second kappa shape index (κ2) is 6.45. The van der Waals surface area contributed by atoms with Crippen LogP contribution in [0.15, 0.2) is 97.1 Å². The summed E-state index contributed by atoms with van der Waals surface area (Å²) in [6, 6.07) is 37.0. The highest BCUT2D eigenvalue weighted by atomic mass is 14.5. The van der Waals surface area contributed by atoms with Crippen LogP contribution in [-0.2, 0) is 10.8 Å². The van der Waals surface area contributed by atoms with Gasteiger partial charge in [-0.2, -0.15) is 0 Å². The topological polar surface area (TPSA) is 0 Å². The van der Waals surface area contributed by atoms with Gasteiger partial charge in [-0.15, -0.1) is 0 Å². The van der Waals surface area contributed by atoms with Gasteiger partial charge in [0.15, 0.2) is 0 Å². The molecule has 7 aromatic carbocycles. The van der Waals surface area contributed by atoms with Crippen molar-refractivity contribution in [3.63, 3.8) is 0 Å². The van der Waals surface area contributed by atoms with Crippen molar-refractivity contribution in [3.8, 4) is 22.3 Å². The summed E-state index contributed by atoms with van der Waals surface area (Å²) in [5.74, 6) is 0. The Morgan fingerprint density at radius 2 is 1.08 bits per heavy atom. The molecule has 0 spiro atoms. The maximum Gasteiger partial charge on any atom is 0.0165 e. The molecule has 0 saturated carbocycles. The molecule has 0 heteroatoms. The Balaban J connectivity index is 1.49. The molecule has 0 nitrogen and oxygen atoms in total. The summed E-state index contributed by atoms with van der Waals surface area (Å²) in [7, 11) is 0. The molecule has 0 saturated heterocycles. The van der Waals surface area contributed by atoms with Crippen LogP contribution < -0.4 is 0 Å². The lowest BCUT2D eigenvalue weighted by molar-refractivity contribution is 0.648. The van der Waals surface area contributed by atoms with Crippen molar-refractivity contribution < 1.29 is 0 Å². The first kappa shape index (κ1) is 20.8. The number of benzene rings is 7. The summed E-state index contributed by atoms with van der Waals surface area (Å²) in [6.07, 6.45) is 0. The molecule has 0 aromatic heterocycles. The number of hydrogen-bond donors (Lipinski definition) is 0. The second-order valence-corrected chi connectivity index (χ2v) is 12.5. The van der Waals surface area contributed by atoms with Crippen LogP contribution >= 0.6 is 0 Å². The average molecular weight is 485 g/mol. The summed E-state index contributed by atoms with van der Waals surface area (Å²) in [5.41, 5.74) is 11.5. The summed E-state index contributed by atoms with van der Waals surface area (Å²) in [5, 5.41) is 10.9. The van der Waals surface area contributed by atoms with Crippen LogP contribution in [0.25, 0.3) is 65.3 Å². The van der Waals surface area contributed by atoms with Gasteiger partial charge in [0.25, 0.3) is 0 Å². The molecule has 7 aromatic rings. The van der Waals surface area contributed by atoms with Crippen molar-refractivity contribution in [1.29, 1.82) is 0 Å². The molecule has 0 N–H and O–H groups in total. The van der Waals surface area contributed by atoms with Crippen molar-refractivity contribution in [2.75, 3.05) is 0 Å². The Kier molecular flexibility index (Phi) is 3.54. The van der Waals surface area contributed by atoms with Crippen molar-refractivity contribution >= 4 is 43.1 Å². The third-order valence-corrected chi connectivity index (χ3v) is 9.95. The molecule has 180 valence electrons. The minimum atomic E-state index is -0.0816. The minimum absolute atomic E-state index is 0.0585. The second-order valence-electron chi connectivity index (χ2n) is 12.5. The molecule has 0 unspecified atom stereocenters. The highest BCUT2D eigenvalue weighted by Crippen LogP contribution is 2.61. The summed E-state index contributed by atoms with van der Waals surface area (Å²) < 4.78 is 0. The van der Waals surface area contributed by atoms with E-state index >= 15 is 0 Å². The summed E-state index contributed by atoms with van der Waals surface area (Å²) in [6.45, 7) is 9.72. The van der Waals surface area contributed by atoms with E-state index in [9.17, 15) is 0 Å². The Hall–Kier alpha value is -4.16. The van der Waals surface area contributed by atoms with E-state index in [1.165, 1.54) is 87.6 Å². The van der Waals surface area contributed by atoms with Gasteiger partial charge in [0.1, 0.15) is 0 Å². The van der Waals surface area contributed by atoms with Gasteiger partial charge in [0, 0.05) is 10.8 Å². The zero-order chi connectivity index (χ0) is 25.6. The molecule has 0 aliphatic heterocycles. The van der Waals surface area contributed by atoms with E-state index in [4.69, 9.17) is 0 Å². The van der Waals surface area contributed by atoms with Crippen LogP contribution in [-0.4, -0.2) is 0 Å². The molecule has 0 bridgehead atoms. The standard InChI is InChI=1S/C38H28/c1-37(2)29-19-17-27-33-25-11-6-5-8-21(25)15-18-28(33)38(3,4)36(27)35(29)34-26-16-14-23-10-7-9-22-12-13-24(20-30(34)37)32(26)31(22)23/h5-20H,1-4H3. The highest BCUT2D eigenvalue weighted by Gasteiger charge is 2.45. The maximum atomic E-state index is 2.50. The first-order valence-electron chi connectivity index (χ1n) is 13.8. The Morgan fingerprint density at radius 3 is 1.92 bits per heavy atom. The van der Waals surface area contributed by atoms with Gasteiger partial charge in [-0.25, -0.2) is 0 Å². The Bertz CT molecular complexity index is 2150. The molecule has 2 aliphatic carbocycles. The largest absolute Gasteiger partial charge is 0.0616 e. The number of fused-ring (bicyclic) bond motifs is 10. The van der Waals surface area contributed by atoms with Crippen molar-refractivity contribution in [1.82, 2.24) is 0 Å². The zero-order valence-corrected chi connectivity index (χ0v) is 22.2. The molecule has 9 rings (SSSR count). The fourth-order valence-corrected chi connectivity index (χ4v) is 8.18. The molecule has 0 radical (unpaired) electrons. The van der Waals surface area contributed by atoms with E-state index in [-0.39, 0.29) is 10.8 Å². The lowest BCUT2D eigenvalue weighted by Gasteiger charge is -2.26. The van der Waals surface area contributed by atoms with E-state index in [1.807, 2.05) is 0 Å². The zero-order valence-electron chi connectivity index (χ0n) is 22.2. The van der Waals surface area contributed by atoms with Crippen LogP contribution in [0.2, 0.25) is 0 Å². The monoisotopic (exact) mass is 484 g/mol. The van der Waals surface area contributed by atoms with Gasteiger partial charge in [-0.05, 0) is 93.7 Å². The number of rotatable bonds is 0. The molecular formula is C38H28. The van der Waals surface area contributed by atoms with Crippen molar-refractivity contribution in [3.05, 3.63) is 119 Å². The Morgan fingerprint density at radius 1 is 0.421 bits per heavy atom. The third-order valence-electron chi connectivity index (χ3n) is 9.95. The van der Waals surface area contributed by atoms with Crippen LogP contribution in [0.3, 0.4) is 0 Å². The summed E-state index contributed by atoms with van der Waals surface area (Å²) in [4.78, 5) is 0. The molecular weight excluding hydrogens is 456 g/mol. The van der Waals surface area contributed by atoms with Gasteiger partial charge in [-0.3, -0.25) is 0 Å². The van der Waals surface area contributed by atoms with E-state index in [0.717, 1.165) is 0 Å². The van der Waals surface area contributed by atoms with E-state index in [1.54, 1.807) is 0 Å². The molecule has 38 heavy (non-hydrogen) atoms. The van der Waals surface area contributed by atoms with Crippen LogP contribution in [0.1, 0.15) is 49.9 Å². The smallest absolute Gasteiger partial charge is 0.0165 e.